The maximum atomic E-state index is 13.0. The summed E-state index contributed by atoms with van der Waals surface area (Å²) < 4.78 is 48.8. The number of aromatic nitrogens is 2. The summed E-state index contributed by atoms with van der Waals surface area (Å²) in [5.41, 5.74) is 0.442. The summed E-state index contributed by atoms with van der Waals surface area (Å²) in [5.74, 6) is 1.27. The predicted octanol–water partition coefficient (Wildman–Crippen LogP) is 4.78. The molecule has 1 aromatic heterocycles. The normalized spacial score (nSPS) is 13.8. The summed E-state index contributed by atoms with van der Waals surface area (Å²) in [6.45, 7) is 2.09. The van der Waals surface area contributed by atoms with Gasteiger partial charge >= 0.3 is 6.18 Å². The highest BCUT2D eigenvalue weighted by Crippen LogP contribution is 2.32. The van der Waals surface area contributed by atoms with Crippen molar-refractivity contribution in [2.24, 2.45) is 0 Å². The van der Waals surface area contributed by atoms with E-state index in [-0.39, 0.29) is 25.1 Å². The van der Waals surface area contributed by atoms with Gasteiger partial charge in [-0.3, -0.25) is 4.79 Å². The van der Waals surface area contributed by atoms with E-state index in [2.05, 4.69) is 10.1 Å². The third-order valence-corrected chi connectivity index (χ3v) is 4.92. The Morgan fingerprint density at radius 2 is 1.81 bits per heavy atom. The smallest absolute Gasteiger partial charge is 0.416 e. The van der Waals surface area contributed by atoms with Gasteiger partial charge in [0.2, 0.25) is 11.7 Å². The van der Waals surface area contributed by atoms with Crippen LogP contribution >= 0.6 is 0 Å². The van der Waals surface area contributed by atoms with E-state index >= 15 is 0 Å². The Morgan fingerprint density at radius 1 is 1.13 bits per heavy atom. The van der Waals surface area contributed by atoms with Gasteiger partial charge in [-0.1, -0.05) is 17.3 Å². The van der Waals surface area contributed by atoms with Crippen LogP contribution in [0.25, 0.3) is 0 Å². The fraction of sp³-hybridized carbons (Fsp3) is 0.318. The first-order valence-electron chi connectivity index (χ1n) is 9.79. The number of benzene rings is 2. The Bertz CT molecular complexity index is 1040. The molecule has 6 nitrogen and oxygen atoms in total. The molecule has 4 rings (SSSR count). The molecule has 1 amide bonds. The predicted molar refractivity (Wildman–Crippen MR) is 104 cm³/mol. The third kappa shape index (κ3) is 5.22. The summed E-state index contributed by atoms with van der Waals surface area (Å²) in [7, 11) is 0. The lowest BCUT2D eigenvalue weighted by Crippen LogP contribution is -2.32. The molecule has 31 heavy (non-hydrogen) atoms. The van der Waals surface area contributed by atoms with Crippen LogP contribution in [-0.4, -0.2) is 27.0 Å². The van der Waals surface area contributed by atoms with Crippen molar-refractivity contribution in [1.82, 2.24) is 15.0 Å². The highest BCUT2D eigenvalue weighted by molar-refractivity contribution is 5.94. The largest absolute Gasteiger partial charge is 0.485 e. The molecule has 1 heterocycles. The molecular formula is C22H20F3N3O3. The Hall–Kier alpha value is -3.36. The molecule has 3 aromatic rings. The van der Waals surface area contributed by atoms with Gasteiger partial charge in [-0.25, -0.2) is 0 Å². The lowest BCUT2D eigenvalue weighted by atomic mass is 10.1. The van der Waals surface area contributed by atoms with Gasteiger partial charge in [0.05, 0.1) is 5.56 Å². The zero-order chi connectivity index (χ0) is 22.0. The van der Waals surface area contributed by atoms with Crippen molar-refractivity contribution in [3.63, 3.8) is 0 Å². The van der Waals surface area contributed by atoms with E-state index in [4.69, 9.17) is 9.26 Å². The van der Waals surface area contributed by atoms with E-state index in [1.807, 2.05) is 0 Å². The minimum atomic E-state index is -4.38. The minimum Gasteiger partial charge on any atom is -0.485 e. The molecule has 0 unspecified atom stereocenters. The molecule has 0 spiro atoms. The topological polar surface area (TPSA) is 68.5 Å². The number of aryl methyl sites for hydroxylation is 1. The number of alkyl halides is 3. The SMILES string of the molecule is Cc1nc(COc2ccc(C(=O)N(Cc3ccc(C(F)(F)F)cc3)C3CC3)cc2)no1. The maximum absolute atomic E-state index is 13.0. The maximum Gasteiger partial charge on any atom is 0.416 e. The Kier molecular flexibility index (Phi) is 5.67. The van der Waals surface area contributed by atoms with Crippen molar-refractivity contribution in [1.29, 1.82) is 0 Å². The molecular weight excluding hydrogens is 411 g/mol. The zero-order valence-electron chi connectivity index (χ0n) is 16.7. The van der Waals surface area contributed by atoms with Crippen molar-refractivity contribution in [2.45, 2.75) is 45.1 Å². The second-order valence-corrected chi connectivity index (χ2v) is 7.40. The Morgan fingerprint density at radius 3 is 2.35 bits per heavy atom. The molecule has 1 aliphatic rings. The van der Waals surface area contributed by atoms with Crippen LogP contribution in [-0.2, 0) is 19.3 Å². The lowest BCUT2D eigenvalue weighted by Gasteiger charge is -2.23. The van der Waals surface area contributed by atoms with Crippen molar-refractivity contribution >= 4 is 5.91 Å². The number of hydrogen-bond acceptors (Lipinski definition) is 5. The summed E-state index contributed by atoms with van der Waals surface area (Å²) in [6.07, 6.45) is -2.60. The minimum absolute atomic E-state index is 0.104. The van der Waals surface area contributed by atoms with Crippen LogP contribution in [0.2, 0.25) is 0 Å². The van der Waals surface area contributed by atoms with Crippen LogP contribution in [0.3, 0.4) is 0 Å². The average molecular weight is 431 g/mol. The Labute approximate surface area is 176 Å². The van der Waals surface area contributed by atoms with Crippen LogP contribution in [0.15, 0.2) is 53.1 Å². The monoisotopic (exact) mass is 431 g/mol. The highest BCUT2D eigenvalue weighted by atomic mass is 19.4. The second-order valence-electron chi connectivity index (χ2n) is 7.40. The first kappa shape index (κ1) is 20.9. The van der Waals surface area contributed by atoms with Gasteiger partial charge in [0.25, 0.3) is 5.91 Å². The van der Waals surface area contributed by atoms with Crippen LogP contribution in [0.4, 0.5) is 13.2 Å². The van der Waals surface area contributed by atoms with Gasteiger partial charge < -0.3 is 14.2 Å². The number of nitrogens with zero attached hydrogens (tertiary/aromatic N) is 3. The summed E-state index contributed by atoms with van der Waals surface area (Å²) in [5, 5.41) is 3.75. The molecule has 9 heteroatoms. The second kappa shape index (κ2) is 8.41. The van der Waals surface area contributed by atoms with Crippen LogP contribution in [0.5, 0.6) is 5.75 Å². The molecule has 1 saturated carbocycles. The number of carbonyl (C=O) groups excluding carboxylic acids is 1. The lowest BCUT2D eigenvalue weighted by molar-refractivity contribution is -0.137. The van der Waals surface area contributed by atoms with E-state index < -0.39 is 11.7 Å². The fourth-order valence-electron chi connectivity index (χ4n) is 3.16. The molecule has 1 aliphatic carbocycles. The third-order valence-electron chi connectivity index (χ3n) is 4.92. The summed E-state index contributed by atoms with van der Waals surface area (Å²) in [4.78, 5) is 18.8. The molecule has 162 valence electrons. The van der Waals surface area contributed by atoms with Gasteiger partial charge in [-0.05, 0) is 54.8 Å². The fourth-order valence-corrected chi connectivity index (χ4v) is 3.16. The van der Waals surface area contributed by atoms with Gasteiger partial charge in [0.15, 0.2) is 6.61 Å². The zero-order valence-corrected chi connectivity index (χ0v) is 16.7. The number of hydrogen-bond donors (Lipinski definition) is 0. The number of halogens is 3. The first-order valence-corrected chi connectivity index (χ1v) is 9.79. The summed E-state index contributed by atoms with van der Waals surface area (Å²) >= 11 is 0. The van der Waals surface area contributed by atoms with Crippen molar-refractivity contribution in [2.75, 3.05) is 0 Å². The molecule has 2 aromatic carbocycles. The molecule has 0 bridgehead atoms. The first-order chi connectivity index (χ1) is 14.8. The van der Waals surface area contributed by atoms with Crippen LogP contribution in [0, 0.1) is 6.92 Å². The van der Waals surface area contributed by atoms with E-state index in [9.17, 15) is 18.0 Å². The van der Waals surface area contributed by atoms with Crippen molar-refractivity contribution in [3.05, 3.63) is 76.9 Å². The molecule has 0 atom stereocenters. The van der Waals surface area contributed by atoms with Gasteiger partial charge in [0.1, 0.15) is 5.75 Å². The average Bonchev–Trinajstić information content (AvgIpc) is 3.51. The molecule has 0 radical (unpaired) electrons. The quantitative estimate of drug-likeness (QED) is 0.539. The van der Waals surface area contributed by atoms with E-state index in [0.717, 1.165) is 25.0 Å². The number of rotatable bonds is 7. The number of ether oxygens (including phenoxy) is 1. The van der Waals surface area contributed by atoms with Crippen molar-refractivity contribution in [3.8, 4) is 5.75 Å². The van der Waals surface area contributed by atoms with E-state index in [1.54, 1.807) is 36.1 Å². The Balaban J connectivity index is 1.41. The van der Waals surface area contributed by atoms with Gasteiger partial charge in [0, 0.05) is 25.1 Å². The standard InChI is InChI=1S/C22H20F3N3O3/c1-14-26-20(27-31-14)13-30-19-10-4-16(5-11-19)21(29)28(18-8-9-18)12-15-2-6-17(7-3-15)22(23,24)25/h2-7,10-11,18H,8-9,12-13H2,1H3. The molecule has 1 fully saturated rings. The van der Waals surface area contributed by atoms with E-state index in [0.29, 0.717) is 28.6 Å². The molecule has 0 N–H and O–H groups in total. The van der Waals surface area contributed by atoms with E-state index in [1.165, 1.54) is 12.1 Å². The van der Waals surface area contributed by atoms with Gasteiger partial charge in [-0.2, -0.15) is 18.2 Å². The van der Waals surface area contributed by atoms with Crippen LogP contribution in [0.1, 0.15) is 46.0 Å². The van der Waals surface area contributed by atoms with Gasteiger partial charge in [-0.15, -0.1) is 0 Å². The van der Waals surface area contributed by atoms with Crippen LogP contribution < -0.4 is 4.74 Å². The number of amides is 1. The van der Waals surface area contributed by atoms with Crippen molar-refractivity contribution < 1.29 is 27.2 Å². The molecule has 0 saturated heterocycles. The highest BCUT2D eigenvalue weighted by Gasteiger charge is 2.34. The number of carbonyl (C=O) groups is 1. The summed E-state index contributed by atoms with van der Waals surface area (Å²) in [6, 6.07) is 11.7. The molecule has 0 aliphatic heterocycles.